The van der Waals surface area contributed by atoms with Crippen LogP contribution in [-0.2, 0) is 9.59 Å². The molecule has 1 aliphatic rings. The highest BCUT2D eigenvalue weighted by molar-refractivity contribution is 7.22. The molecule has 1 aliphatic heterocycles. The number of fused-ring (bicyclic) bond motifs is 1. The summed E-state index contributed by atoms with van der Waals surface area (Å²) in [6.45, 7) is 1.97. The van der Waals surface area contributed by atoms with Crippen molar-refractivity contribution in [1.82, 2.24) is 4.98 Å². The minimum absolute atomic E-state index is 0.0873. The summed E-state index contributed by atoms with van der Waals surface area (Å²) in [4.78, 5) is 32.8. The highest BCUT2D eigenvalue weighted by atomic mass is 35.5. The minimum Gasteiger partial charge on any atom is -0.507 e. The van der Waals surface area contributed by atoms with Gasteiger partial charge in [0.2, 0.25) is 0 Å². The van der Waals surface area contributed by atoms with E-state index in [9.17, 15) is 14.7 Å². The molecule has 1 atom stereocenters. The summed E-state index contributed by atoms with van der Waals surface area (Å²) in [6, 6.07) is 16.5. The van der Waals surface area contributed by atoms with Crippen LogP contribution in [-0.4, -0.2) is 36.0 Å². The van der Waals surface area contributed by atoms with E-state index in [1.54, 1.807) is 43.5 Å². The van der Waals surface area contributed by atoms with Crippen LogP contribution in [0, 0.1) is 6.92 Å². The van der Waals surface area contributed by atoms with Gasteiger partial charge in [0.15, 0.2) is 5.13 Å². The number of ketones is 1. The molecule has 0 bridgehead atoms. The third-order valence-electron chi connectivity index (χ3n) is 6.04. The number of thiazole rings is 1. The summed E-state index contributed by atoms with van der Waals surface area (Å²) in [5.41, 5.74) is 2.47. The second-order valence-electron chi connectivity index (χ2n) is 8.26. The van der Waals surface area contributed by atoms with Crippen LogP contribution in [0.4, 0.5) is 5.13 Å². The summed E-state index contributed by atoms with van der Waals surface area (Å²) in [5, 5.41) is 11.9. The largest absolute Gasteiger partial charge is 0.507 e. The maximum absolute atomic E-state index is 13.4. The van der Waals surface area contributed by atoms with E-state index in [1.807, 2.05) is 25.1 Å². The van der Waals surface area contributed by atoms with Crippen LogP contribution in [0.5, 0.6) is 11.5 Å². The number of aryl methyl sites for hydroxylation is 1. The van der Waals surface area contributed by atoms with E-state index in [4.69, 9.17) is 21.1 Å². The molecule has 1 saturated heterocycles. The molecule has 1 N–H and O–H groups in total. The molecular weight excluding hydrogens is 500 g/mol. The molecule has 36 heavy (non-hydrogen) atoms. The van der Waals surface area contributed by atoms with Gasteiger partial charge in [-0.3, -0.25) is 14.5 Å². The Bertz CT molecular complexity index is 1540. The average molecular weight is 521 g/mol. The lowest BCUT2D eigenvalue weighted by Gasteiger charge is -2.23. The highest BCUT2D eigenvalue weighted by Gasteiger charge is 2.48. The minimum atomic E-state index is -0.931. The molecule has 3 aromatic carbocycles. The Morgan fingerprint density at radius 1 is 1.00 bits per heavy atom. The second kappa shape index (κ2) is 9.29. The number of hydrogen-bond donors (Lipinski definition) is 1. The fourth-order valence-electron chi connectivity index (χ4n) is 4.21. The van der Waals surface area contributed by atoms with Crippen LogP contribution in [0.1, 0.15) is 22.7 Å². The van der Waals surface area contributed by atoms with Crippen molar-refractivity contribution >= 4 is 55.7 Å². The van der Waals surface area contributed by atoms with E-state index in [0.717, 1.165) is 10.3 Å². The second-order valence-corrected chi connectivity index (χ2v) is 9.67. The predicted molar refractivity (Wildman–Crippen MR) is 140 cm³/mol. The maximum atomic E-state index is 13.4. The van der Waals surface area contributed by atoms with Crippen LogP contribution in [0.15, 0.2) is 66.2 Å². The summed E-state index contributed by atoms with van der Waals surface area (Å²) in [6.07, 6.45) is 0. The van der Waals surface area contributed by atoms with Gasteiger partial charge in [-0.2, -0.15) is 0 Å². The van der Waals surface area contributed by atoms with Gasteiger partial charge in [0.25, 0.3) is 5.78 Å². The molecule has 5 rings (SSSR count). The summed E-state index contributed by atoms with van der Waals surface area (Å²) in [7, 11) is 3.03. The monoisotopic (exact) mass is 520 g/mol. The number of carbonyl (C=O) groups excluding carboxylic acids is 2. The summed E-state index contributed by atoms with van der Waals surface area (Å²) in [5.74, 6) is -0.952. The zero-order valence-electron chi connectivity index (χ0n) is 19.6. The number of ether oxygens (including phenoxy) is 2. The highest BCUT2D eigenvalue weighted by Crippen LogP contribution is 2.45. The molecule has 4 aromatic rings. The Kier molecular flexibility index (Phi) is 6.15. The van der Waals surface area contributed by atoms with E-state index in [0.29, 0.717) is 27.7 Å². The molecule has 0 saturated carbocycles. The third kappa shape index (κ3) is 3.98. The van der Waals surface area contributed by atoms with Crippen molar-refractivity contribution in [2.75, 3.05) is 19.1 Å². The third-order valence-corrected chi connectivity index (χ3v) is 7.39. The first-order chi connectivity index (χ1) is 17.3. The Labute approximate surface area is 216 Å². The number of hydrogen-bond acceptors (Lipinski definition) is 7. The van der Waals surface area contributed by atoms with Gasteiger partial charge in [-0.1, -0.05) is 41.1 Å². The number of halogens is 1. The number of aliphatic hydroxyl groups excluding tert-OH is 1. The number of Topliss-reactive ketones (excluding diaryl/α,β-unsaturated/α-hetero) is 1. The lowest BCUT2D eigenvalue weighted by atomic mass is 9.95. The molecule has 0 aliphatic carbocycles. The molecule has 1 unspecified atom stereocenters. The molecule has 0 spiro atoms. The van der Waals surface area contributed by atoms with Crippen molar-refractivity contribution in [3.63, 3.8) is 0 Å². The number of methoxy groups -OCH3 is 2. The molecule has 7 nitrogen and oxygen atoms in total. The summed E-state index contributed by atoms with van der Waals surface area (Å²) < 4.78 is 11.4. The standard InChI is InChI=1S/C27H21ClN2O5S/c1-14-4-11-20-21(12-14)36-27(29-20)30-23(15-5-7-16(34-2)8-6-15)22(25(32)26(30)33)24(31)18-13-17(35-3)9-10-19(18)28/h4-13,23,31H,1-3H3/b24-22+. The van der Waals surface area contributed by atoms with Gasteiger partial charge >= 0.3 is 5.91 Å². The number of benzene rings is 3. The number of anilines is 1. The Morgan fingerprint density at radius 3 is 2.39 bits per heavy atom. The SMILES string of the molecule is COc1ccc(C2/C(=C(\O)c3cc(OC)ccc3Cl)C(=O)C(=O)N2c2nc3ccc(C)cc3s2)cc1. The first-order valence-electron chi connectivity index (χ1n) is 11.0. The number of aromatic nitrogens is 1. The number of rotatable bonds is 5. The lowest BCUT2D eigenvalue weighted by Crippen LogP contribution is -2.29. The van der Waals surface area contributed by atoms with Gasteiger partial charge in [-0.15, -0.1) is 0 Å². The molecule has 182 valence electrons. The van der Waals surface area contributed by atoms with Gasteiger partial charge in [0.1, 0.15) is 17.3 Å². The number of carbonyl (C=O) groups is 2. The number of amides is 1. The summed E-state index contributed by atoms with van der Waals surface area (Å²) >= 11 is 7.69. The zero-order valence-corrected chi connectivity index (χ0v) is 21.2. The fraction of sp³-hybridized carbons (Fsp3) is 0.148. The number of nitrogens with zero attached hydrogens (tertiary/aromatic N) is 2. The van der Waals surface area contributed by atoms with Gasteiger partial charge < -0.3 is 14.6 Å². The van der Waals surface area contributed by atoms with E-state index in [1.165, 1.54) is 29.4 Å². The molecule has 1 amide bonds. The average Bonchev–Trinajstić information content (AvgIpc) is 3.41. The molecule has 2 heterocycles. The first kappa shape index (κ1) is 23.8. The van der Waals surface area contributed by atoms with Crippen LogP contribution < -0.4 is 14.4 Å². The smallest absolute Gasteiger partial charge is 0.301 e. The van der Waals surface area contributed by atoms with E-state index in [-0.39, 0.29) is 16.2 Å². The van der Waals surface area contributed by atoms with E-state index >= 15 is 0 Å². The van der Waals surface area contributed by atoms with Gasteiger partial charge in [-0.25, -0.2) is 4.98 Å². The Morgan fingerprint density at radius 2 is 1.69 bits per heavy atom. The van der Waals surface area contributed by atoms with E-state index < -0.39 is 23.5 Å². The van der Waals surface area contributed by atoms with E-state index in [2.05, 4.69) is 4.98 Å². The van der Waals surface area contributed by atoms with Crippen LogP contribution >= 0.6 is 22.9 Å². The molecule has 1 fully saturated rings. The van der Waals surface area contributed by atoms with Crippen molar-refractivity contribution < 1.29 is 24.2 Å². The molecule has 1 aromatic heterocycles. The van der Waals surface area contributed by atoms with Gasteiger partial charge in [0, 0.05) is 5.56 Å². The normalized spacial score (nSPS) is 17.1. The van der Waals surface area contributed by atoms with Crippen molar-refractivity contribution in [1.29, 1.82) is 0 Å². The predicted octanol–water partition coefficient (Wildman–Crippen LogP) is 5.90. The van der Waals surface area contributed by atoms with Gasteiger partial charge in [0.05, 0.1) is 41.1 Å². The van der Waals surface area contributed by atoms with Crippen molar-refractivity contribution in [2.24, 2.45) is 0 Å². The molecule has 9 heteroatoms. The maximum Gasteiger partial charge on any atom is 0.301 e. The Hall–Kier alpha value is -3.88. The first-order valence-corrected chi connectivity index (χ1v) is 12.2. The molecule has 0 radical (unpaired) electrons. The van der Waals surface area contributed by atoms with Crippen molar-refractivity contribution in [3.05, 3.63) is 87.9 Å². The van der Waals surface area contributed by atoms with Gasteiger partial charge in [-0.05, 0) is 60.5 Å². The quantitative estimate of drug-likeness (QED) is 0.200. The zero-order chi connectivity index (χ0) is 25.6. The number of aliphatic hydroxyl groups is 1. The van der Waals surface area contributed by atoms with Crippen molar-refractivity contribution in [3.8, 4) is 11.5 Å². The topological polar surface area (TPSA) is 89.0 Å². The van der Waals surface area contributed by atoms with Crippen molar-refractivity contribution in [2.45, 2.75) is 13.0 Å². The van der Waals surface area contributed by atoms with Crippen LogP contribution in [0.25, 0.3) is 16.0 Å². The van der Waals surface area contributed by atoms with Crippen LogP contribution in [0.3, 0.4) is 0 Å². The molecular formula is C27H21ClN2O5S. The lowest BCUT2D eigenvalue weighted by molar-refractivity contribution is -0.132. The Balaban J connectivity index is 1.74. The van der Waals surface area contributed by atoms with Crippen LogP contribution in [0.2, 0.25) is 5.02 Å². The fourth-order valence-corrected chi connectivity index (χ4v) is 5.51.